The number of nitrogens with one attached hydrogen (secondary N) is 1. The Morgan fingerprint density at radius 3 is 2.15 bits per heavy atom. The first-order valence-corrected chi connectivity index (χ1v) is 11.0. The fourth-order valence-electron chi connectivity index (χ4n) is 2.63. The SMILES string of the molecule is CC(C)c1ccc(NC(=O)[C@@H](C)N(c2cc(Cl)ccc2Cl)S(C)(=O)=O)cc1. The van der Waals surface area contributed by atoms with Gasteiger partial charge in [-0.25, -0.2) is 8.42 Å². The Morgan fingerprint density at radius 2 is 1.63 bits per heavy atom. The first kappa shape index (κ1) is 21.5. The lowest BCUT2D eigenvalue weighted by Gasteiger charge is -2.29. The molecule has 2 aromatic rings. The van der Waals surface area contributed by atoms with E-state index in [1.807, 2.05) is 12.1 Å². The predicted octanol–water partition coefficient (Wildman–Crippen LogP) is 4.91. The maximum atomic E-state index is 12.7. The summed E-state index contributed by atoms with van der Waals surface area (Å²) in [6.45, 7) is 5.65. The van der Waals surface area contributed by atoms with Gasteiger partial charge in [-0.1, -0.05) is 49.2 Å². The molecule has 0 aromatic heterocycles. The van der Waals surface area contributed by atoms with E-state index in [1.54, 1.807) is 18.2 Å². The standard InChI is InChI=1S/C19H22Cl2N2O3S/c1-12(2)14-5-8-16(9-6-14)22-19(24)13(3)23(27(4,25)26)18-11-15(20)7-10-17(18)21/h5-13H,1-4H3,(H,22,24)/t13-/m1/s1. The van der Waals surface area contributed by atoms with Gasteiger partial charge in [-0.05, 0) is 48.7 Å². The lowest BCUT2D eigenvalue weighted by molar-refractivity contribution is -0.116. The molecular formula is C19H22Cl2N2O3S. The number of sulfonamides is 1. The Morgan fingerprint density at radius 1 is 1.04 bits per heavy atom. The number of carbonyl (C=O) groups is 1. The number of carbonyl (C=O) groups excluding carboxylic acids is 1. The normalized spacial score (nSPS) is 12.7. The van der Waals surface area contributed by atoms with Gasteiger partial charge in [0.15, 0.2) is 0 Å². The van der Waals surface area contributed by atoms with Crippen LogP contribution in [0.2, 0.25) is 10.0 Å². The summed E-state index contributed by atoms with van der Waals surface area (Å²) in [5, 5.41) is 3.25. The quantitative estimate of drug-likeness (QED) is 0.710. The van der Waals surface area contributed by atoms with E-state index in [9.17, 15) is 13.2 Å². The number of rotatable bonds is 6. The molecule has 0 unspecified atom stereocenters. The monoisotopic (exact) mass is 428 g/mol. The minimum atomic E-state index is -3.78. The zero-order chi connectivity index (χ0) is 20.4. The summed E-state index contributed by atoms with van der Waals surface area (Å²) in [6, 6.07) is 10.9. The second kappa shape index (κ2) is 8.50. The van der Waals surface area contributed by atoms with Crippen LogP contribution in [0.1, 0.15) is 32.3 Å². The first-order chi connectivity index (χ1) is 12.5. The fraction of sp³-hybridized carbons (Fsp3) is 0.316. The number of hydrogen-bond acceptors (Lipinski definition) is 3. The highest BCUT2D eigenvalue weighted by atomic mass is 35.5. The zero-order valence-electron chi connectivity index (χ0n) is 15.5. The van der Waals surface area contributed by atoms with Crippen molar-refractivity contribution >= 4 is 50.5 Å². The summed E-state index contributed by atoms with van der Waals surface area (Å²) < 4.78 is 25.7. The van der Waals surface area contributed by atoms with Crippen LogP contribution in [0.15, 0.2) is 42.5 Å². The van der Waals surface area contributed by atoms with Gasteiger partial charge in [0.25, 0.3) is 0 Å². The van der Waals surface area contributed by atoms with Crippen LogP contribution in [-0.4, -0.2) is 26.6 Å². The molecule has 1 atom stereocenters. The maximum Gasteiger partial charge on any atom is 0.247 e. The van der Waals surface area contributed by atoms with Gasteiger partial charge in [0, 0.05) is 10.7 Å². The third kappa shape index (κ3) is 5.37. The second-order valence-electron chi connectivity index (χ2n) is 6.60. The van der Waals surface area contributed by atoms with Crippen molar-refractivity contribution in [2.75, 3.05) is 15.9 Å². The minimum absolute atomic E-state index is 0.157. The summed E-state index contributed by atoms with van der Waals surface area (Å²) >= 11 is 12.1. The Balaban J connectivity index is 2.31. The minimum Gasteiger partial charge on any atom is -0.324 e. The Kier molecular flexibility index (Phi) is 6.78. The van der Waals surface area contributed by atoms with Gasteiger partial charge >= 0.3 is 0 Å². The molecule has 0 aliphatic carbocycles. The highest BCUT2D eigenvalue weighted by molar-refractivity contribution is 7.92. The van der Waals surface area contributed by atoms with Gasteiger partial charge in [-0.15, -0.1) is 0 Å². The van der Waals surface area contributed by atoms with Crippen molar-refractivity contribution in [2.45, 2.75) is 32.7 Å². The van der Waals surface area contributed by atoms with Gasteiger partial charge in [-0.2, -0.15) is 0 Å². The van der Waals surface area contributed by atoms with Gasteiger partial charge < -0.3 is 5.32 Å². The lowest BCUT2D eigenvalue weighted by atomic mass is 10.0. The van der Waals surface area contributed by atoms with Gasteiger partial charge in [-0.3, -0.25) is 9.10 Å². The summed E-state index contributed by atoms with van der Waals surface area (Å²) in [5.41, 5.74) is 1.89. The van der Waals surface area contributed by atoms with E-state index in [0.717, 1.165) is 16.1 Å². The molecule has 8 heteroatoms. The fourth-order valence-corrected chi connectivity index (χ4v) is 4.24. The molecule has 2 rings (SSSR count). The zero-order valence-corrected chi connectivity index (χ0v) is 17.9. The molecule has 146 valence electrons. The topological polar surface area (TPSA) is 66.5 Å². The molecule has 27 heavy (non-hydrogen) atoms. The number of amides is 1. The smallest absolute Gasteiger partial charge is 0.247 e. The van der Waals surface area contributed by atoms with Crippen LogP contribution in [0, 0.1) is 0 Å². The van der Waals surface area contributed by atoms with Crippen molar-refractivity contribution in [3.05, 3.63) is 58.1 Å². The van der Waals surface area contributed by atoms with E-state index >= 15 is 0 Å². The summed E-state index contributed by atoms with van der Waals surface area (Å²) in [5.74, 6) is -0.104. The molecule has 0 fully saturated rings. The predicted molar refractivity (Wildman–Crippen MR) is 112 cm³/mol. The van der Waals surface area contributed by atoms with Crippen LogP contribution in [-0.2, 0) is 14.8 Å². The molecule has 1 N–H and O–H groups in total. The maximum absolute atomic E-state index is 12.7. The molecule has 1 amide bonds. The van der Waals surface area contributed by atoms with E-state index < -0.39 is 22.0 Å². The lowest BCUT2D eigenvalue weighted by Crippen LogP contribution is -2.45. The molecule has 0 radical (unpaired) electrons. The van der Waals surface area contributed by atoms with Gasteiger partial charge in [0.05, 0.1) is 17.0 Å². The number of anilines is 2. The number of nitrogens with zero attached hydrogens (tertiary/aromatic N) is 1. The third-order valence-corrected chi connectivity index (χ3v) is 5.86. The number of benzene rings is 2. The van der Waals surface area contributed by atoms with Crippen LogP contribution in [0.4, 0.5) is 11.4 Å². The largest absolute Gasteiger partial charge is 0.324 e. The highest BCUT2D eigenvalue weighted by Crippen LogP contribution is 2.32. The second-order valence-corrected chi connectivity index (χ2v) is 9.30. The van der Waals surface area contributed by atoms with E-state index in [-0.39, 0.29) is 10.7 Å². The van der Waals surface area contributed by atoms with Crippen molar-refractivity contribution in [1.82, 2.24) is 0 Å². The molecule has 0 aliphatic rings. The van der Waals surface area contributed by atoms with Gasteiger partial charge in [0.1, 0.15) is 6.04 Å². The van der Waals surface area contributed by atoms with Crippen LogP contribution < -0.4 is 9.62 Å². The van der Waals surface area contributed by atoms with Crippen molar-refractivity contribution in [3.63, 3.8) is 0 Å². The Hall–Kier alpha value is -1.76. The molecule has 0 aliphatic heterocycles. The van der Waals surface area contributed by atoms with Gasteiger partial charge in [0.2, 0.25) is 15.9 Å². The average Bonchev–Trinajstić information content (AvgIpc) is 2.57. The summed E-state index contributed by atoms with van der Waals surface area (Å²) in [4.78, 5) is 12.7. The van der Waals surface area contributed by atoms with E-state index in [4.69, 9.17) is 23.2 Å². The van der Waals surface area contributed by atoms with Crippen LogP contribution in [0.5, 0.6) is 0 Å². The molecule has 0 saturated carbocycles. The van der Waals surface area contributed by atoms with E-state index in [2.05, 4.69) is 19.2 Å². The summed E-state index contributed by atoms with van der Waals surface area (Å²) in [6.07, 6.45) is 1.02. The van der Waals surface area contributed by atoms with Crippen molar-refractivity contribution in [1.29, 1.82) is 0 Å². The average molecular weight is 429 g/mol. The highest BCUT2D eigenvalue weighted by Gasteiger charge is 2.30. The van der Waals surface area contributed by atoms with E-state index in [0.29, 0.717) is 16.6 Å². The van der Waals surface area contributed by atoms with Crippen molar-refractivity contribution in [3.8, 4) is 0 Å². The number of hydrogen-bond donors (Lipinski definition) is 1. The number of halogens is 2. The molecule has 0 bridgehead atoms. The first-order valence-electron chi connectivity index (χ1n) is 8.36. The molecule has 0 saturated heterocycles. The Bertz CT molecular complexity index is 928. The van der Waals surface area contributed by atoms with Crippen LogP contribution >= 0.6 is 23.2 Å². The Labute approximate surface area is 170 Å². The molecular weight excluding hydrogens is 407 g/mol. The molecule has 0 heterocycles. The van der Waals surface area contributed by atoms with Crippen LogP contribution in [0.25, 0.3) is 0 Å². The van der Waals surface area contributed by atoms with Crippen molar-refractivity contribution in [2.24, 2.45) is 0 Å². The third-order valence-electron chi connectivity index (χ3n) is 4.08. The van der Waals surface area contributed by atoms with Crippen molar-refractivity contribution < 1.29 is 13.2 Å². The van der Waals surface area contributed by atoms with Crippen LogP contribution in [0.3, 0.4) is 0 Å². The molecule has 5 nitrogen and oxygen atoms in total. The van der Waals surface area contributed by atoms with E-state index in [1.165, 1.54) is 19.1 Å². The molecule has 0 spiro atoms. The summed E-state index contributed by atoms with van der Waals surface area (Å²) in [7, 11) is -3.78. The molecule has 2 aromatic carbocycles.